The van der Waals surface area contributed by atoms with Gasteiger partial charge in [0.25, 0.3) is 0 Å². The zero-order valence-corrected chi connectivity index (χ0v) is 1.79. The van der Waals surface area contributed by atoms with Gasteiger partial charge >= 0.3 is 29.6 Å². The van der Waals surface area contributed by atoms with Crippen molar-refractivity contribution in [3.63, 3.8) is 0 Å². The van der Waals surface area contributed by atoms with Gasteiger partial charge in [-0.2, -0.15) is 0 Å². The molecule has 0 aliphatic rings. The van der Waals surface area contributed by atoms with Crippen molar-refractivity contribution in [2.75, 3.05) is 0 Å². The first-order valence-electron chi connectivity index (χ1n) is 0.400. The van der Waals surface area contributed by atoms with Crippen LogP contribution in [-0.2, 0) is 0 Å². The Morgan fingerprint density at radius 3 is 0.600 bits per heavy atom. The standard InChI is InChI=1S/Na.2H2O2.H/c;2*1-2;/h;2*1-2H;. The molecule has 0 aliphatic carbocycles. The van der Waals surface area contributed by atoms with Crippen molar-refractivity contribution in [2.24, 2.45) is 0 Å². The molecule has 30 valence electrons. The molecule has 5 heteroatoms. The van der Waals surface area contributed by atoms with Crippen LogP contribution in [0.5, 0.6) is 0 Å². The summed E-state index contributed by atoms with van der Waals surface area (Å²) in [6.45, 7) is 0. The van der Waals surface area contributed by atoms with Gasteiger partial charge in [-0.15, -0.1) is 0 Å². The van der Waals surface area contributed by atoms with Gasteiger partial charge in [-0.25, -0.2) is 0 Å². The minimum absolute atomic E-state index is 0. The van der Waals surface area contributed by atoms with Crippen molar-refractivity contribution >= 4 is 29.6 Å². The summed E-state index contributed by atoms with van der Waals surface area (Å²) in [5.74, 6) is 0. The van der Waals surface area contributed by atoms with Crippen molar-refractivity contribution in [3.8, 4) is 0 Å². The van der Waals surface area contributed by atoms with E-state index < -0.39 is 0 Å². The van der Waals surface area contributed by atoms with E-state index in [1.165, 1.54) is 0 Å². The van der Waals surface area contributed by atoms with Crippen molar-refractivity contribution in [3.05, 3.63) is 0 Å². The second-order valence-electron chi connectivity index (χ2n) is 0. The molecule has 0 aromatic rings. The molecule has 0 amide bonds. The summed E-state index contributed by atoms with van der Waals surface area (Å²) in [5.41, 5.74) is 0. The summed E-state index contributed by atoms with van der Waals surface area (Å²) < 4.78 is 0. The first-order chi connectivity index (χ1) is 2.00. The van der Waals surface area contributed by atoms with E-state index in [-0.39, 0.29) is 29.6 Å². The van der Waals surface area contributed by atoms with E-state index in [0.717, 1.165) is 0 Å². The molecule has 0 radical (unpaired) electrons. The van der Waals surface area contributed by atoms with Crippen molar-refractivity contribution in [1.29, 1.82) is 0 Å². The Labute approximate surface area is 50.8 Å². The van der Waals surface area contributed by atoms with E-state index >= 15 is 0 Å². The van der Waals surface area contributed by atoms with Crippen LogP contribution >= 0.6 is 0 Å². The first-order valence-corrected chi connectivity index (χ1v) is 0.400. The van der Waals surface area contributed by atoms with E-state index in [1.807, 2.05) is 0 Å². The predicted octanol–water partition coefficient (Wildman–Crippen LogP) is -0.614. The van der Waals surface area contributed by atoms with E-state index in [9.17, 15) is 0 Å². The molecule has 0 unspecified atom stereocenters. The fourth-order valence-corrected chi connectivity index (χ4v) is 0. The number of rotatable bonds is 0. The Bertz CT molecular complexity index is 3.61. The third-order valence-corrected chi connectivity index (χ3v) is 0. The average molecular weight is 92.0 g/mol. The molecular formula is H5NaO4. The molecule has 0 aromatic carbocycles. The Morgan fingerprint density at radius 2 is 0.600 bits per heavy atom. The SMILES string of the molecule is OO.OO.[NaH]. The third-order valence-electron chi connectivity index (χ3n) is 0. The van der Waals surface area contributed by atoms with E-state index in [2.05, 4.69) is 0 Å². The van der Waals surface area contributed by atoms with Crippen molar-refractivity contribution in [2.45, 2.75) is 0 Å². The average Bonchev–Trinajstić information content (AvgIpc) is 1.50. The molecule has 5 heavy (non-hydrogen) atoms. The first kappa shape index (κ1) is 17.0. The van der Waals surface area contributed by atoms with Crippen LogP contribution in [0.4, 0.5) is 0 Å². The molecule has 4 nitrogen and oxygen atoms in total. The van der Waals surface area contributed by atoms with Gasteiger partial charge in [0.1, 0.15) is 0 Å². The molecule has 4 N–H and O–H groups in total. The second kappa shape index (κ2) is 101. The van der Waals surface area contributed by atoms with Gasteiger partial charge in [-0.1, -0.05) is 0 Å². The second-order valence-corrected chi connectivity index (χ2v) is 0. The zero-order valence-electron chi connectivity index (χ0n) is 1.79. The van der Waals surface area contributed by atoms with E-state index in [0.29, 0.717) is 0 Å². The maximum atomic E-state index is 6.00. The normalized spacial score (nSPS) is 2.40. The van der Waals surface area contributed by atoms with Gasteiger partial charge in [0.05, 0.1) is 0 Å². The Hall–Kier alpha value is 0.840. The van der Waals surface area contributed by atoms with Crippen LogP contribution in [0.1, 0.15) is 0 Å². The van der Waals surface area contributed by atoms with E-state index in [1.54, 1.807) is 0 Å². The molecule has 0 aliphatic heterocycles. The van der Waals surface area contributed by atoms with Crippen LogP contribution in [0.15, 0.2) is 0 Å². The summed E-state index contributed by atoms with van der Waals surface area (Å²) in [7, 11) is 0. The van der Waals surface area contributed by atoms with Gasteiger partial charge in [0, 0.05) is 0 Å². The van der Waals surface area contributed by atoms with Crippen LogP contribution in [0.3, 0.4) is 0 Å². The molecule has 0 spiro atoms. The Morgan fingerprint density at radius 1 is 0.600 bits per heavy atom. The molecule has 0 saturated carbocycles. The molecule has 0 aromatic heterocycles. The Balaban J connectivity index is -0.0000000133. The fourth-order valence-electron chi connectivity index (χ4n) is 0. The molecule has 0 atom stereocenters. The van der Waals surface area contributed by atoms with Crippen molar-refractivity contribution < 1.29 is 21.0 Å². The summed E-state index contributed by atoms with van der Waals surface area (Å²) in [6, 6.07) is 0. The van der Waals surface area contributed by atoms with E-state index in [4.69, 9.17) is 21.0 Å². The minimum atomic E-state index is 0. The van der Waals surface area contributed by atoms with Crippen LogP contribution in [-0.4, -0.2) is 50.6 Å². The molecule has 0 bridgehead atoms. The predicted molar refractivity (Wildman–Crippen MR) is 17.7 cm³/mol. The van der Waals surface area contributed by atoms with Crippen LogP contribution in [0.25, 0.3) is 0 Å². The molecular weight excluding hydrogens is 87.0 g/mol. The summed E-state index contributed by atoms with van der Waals surface area (Å²) >= 11 is 0. The van der Waals surface area contributed by atoms with Crippen molar-refractivity contribution in [1.82, 2.24) is 0 Å². The van der Waals surface area contributed by atoms with Gasteiger partial charge in [0.2, 0.25) is 0 Å². The van der Waals surface area contributed by atoms with Gasteiger partial charge < -0.3 is 0 Å². The number of hydrogen-bond donors (Lipinski definition) is 4. The van der Waals surface area contributed by atoms with Crippen LogP contribution in [0, 0.1) is 0 Å². The molecule has 0 heterocycles. The van der Waals surface area contributed by atoms with Gasteiger partial charge in [0.15, 0.2) is 0 Å². The molecule has 0 fully saturated rings. The molecule has 0 rings (SSSR count). The monoisotopic (exact) mass is 92.0 g/mol. The Kier molecular flexibility index (Phi) is 343. The maximum absolute atomic E-state index is 6.00. The van der Waals surface area contributed by atoms with Crippen LogP contribution in [0.2, 0.25) is 0 Å². The third kappa shape index (κ3) is 55.3. The fraction of sp³-hybridized carbons (Fsp3) is 0. The topological polar surface area (TPSA) is 80.9 Å². The summed E-state index contributed by atoms with van der Waals surface area (Å²) in [6.07, 6.45) is 0. The quantitative estimate of drug-likeness (QED) is 0.182. The van der Waals surface area contributed by atoms with Gasteiger partial charge in [-0.05, 0) is 0 Å². The summed E-state index contributed by atoms with van der Waals surface area (Å²) in [4.78, 5) is 0. The molecule has 0 saturated heterocycles. The number of hydrogen-bond acceptors (Lipinski definition) is 4. The van der Waals surface area contributed by atoms with Gasteiger partial charge in [-0.3, -0.25) is 21.0 Å². The summed E-state index contributed by atoms with van der Waals surface area (Å²) in [5, 5.41) is 24.0. The zero-order chi connectivity index (χ0) is 4.00. The van der Waals surface area contributed by atoms with Crippen LogP contribution < -0.4 is 0 Å².